The van der Waals surface area contributed by atoms with E-state index in [1.807, 2.05) is 6.92 Å². The van der Waals surface area contributed by atoms with Crippen molar-refractivity contribution in [3.05, 3.63) is 21.2 Å². The van der Waals surface area contributed by atoms with Gasteiger partial charge in [-0.1, -0.05) is 22.9 Å². The molecule has 1 aromatic rings. The van der Waals surface area contributed by atoms with Crippen LogP contribution in [0.1, 0.15) is 29.5 Å². The minimum Gasteiger partial charge on any atom is -0.493 e. The van der Waals surface area contributed by atoms with E-state index in [1.165, 1.54) is 0 Å². The van der Waals surface area contributed by atoms with Crippen molar-refractivity contribution in [3.8, 4) is 11.5 Å². The highest BCUT2D eigenvalue weighted by Crippen LogP contribution is 2.44. The van der Waals surface area contributed by atoms with Crippen molar-refractivity contribution in [1.82, 2.24) is 0 Å². The molecule has 1 atom stereocenters. The van der Waals surface area contributed by atoms with Crippen LogP contribution in [-0.4, -0.2) is 20.8 Å². The molecule has 2 N–H and O–H groups in total. The lowest BCUT2D eigenvalue weighted by Crippen LogP contribution is -2.13. The van der Waals surface area contributed by atoms with Crippen LogP contribution in [0.4, 0.5) is 0 Å². The molecule has 0 saturated heterocycles. The molecule has 4 heteroatoms. The summed E-state index contributed by atoms with van der Waals surface area (Å²) in [5, 5.41) is 0. The van der Waals surface area contributed by atoms with Crippen LogP contribution in [0.25, 0.3) is 0 Å². The minimum absolute atomic E-state index is 0.232. The third-order valence-electron chi connectivity index (χ3n) is 3.11. The van der Waals surface area contributed by atoms with Gasteiger partial charge in [0.2, 0.25) is 0 Å². The van der Waals surface area contributed by atoms with E-state index in [1.54, 1.807) is 14.2 Å². The van der Waals surface area contributed by atoms with Gasteiger partial charge in [-0.3, -0.25) is 0 Å². The summed E-state index contributed by atoms with van der Waals surface area (Å²) in [6.07, 6.45) is 0. The summed E-state index contributed by atoms with van der Waals surface area (Å²) < 4.78 is 12.0. The molecule has 3 nitrogen and oxygen atoms in total. The first-order valence-corrected chi connectivity index (χ1v) is 6.39. The van der Waals surface area contributed by atoms with Gasteiger partial charge in [-0.15, -0.1) is 0 Å². The van der Waals surface area contributed by atoms with Crippen molar-refractivity contribution < 1.29 is 9.47 Å². The summed E-state index contributed by atoms with van der Waals surface area (Å²) in [6.45, 7) is 6.75. The third kappa shape index (κ3) is 2.43. The first-order valence-electron chi connectivity index (χ1n) is 5.60. The minimum atomic E-state index is 0.232. The predicted molar refractivity (Wildman–Crippen MR) is 74.2 cm³/mol. The van der Waals surface area contributed by atoms with E-state index in [4.69, 9.17) is 15.2 Å². The van der Waals surface area contributed by atoms with Crippen molar-refractivity contribution in [2.45, 2.75) is 26.7 Å². The molecular weight excluding hydrogens is 282 g/mol. The van der Waals surface area contributed by atoms with Crippen LogP contribution in [0.3, 0.4) is 0 Å². The molecule has 0 bridgehead atoms. The Labute approximate surface area is 111 Å². The average molecular weight is 302 g/mol. The smallest absolute Gasteiger partial charge is 0.165 e. The number of ether oxygens (including phenoxy) is 2. The second-order valence-corrected chi connectivity index (χ2v) is 4.97. The number of hydrogen-bond acceptors (Lipinski definition) is 3. The fourth-order valence-electron chi connectivity index (χ4n) is 2.12. The highest BCUT2D eigenvalue weighted by molar-refractivity contribution is 9.10. The molecule has 1 unspecified atom stereocenters. The Kier molecular flexibility index (Phi) is 4.83. The Hall–Kier alpha value is -0.740. The maximum atomic E-state index is 5.76. The molecule has 0 radical (unpaired) electrons. The van der Waals surface area contributed by atoms with Gasteiger partial charge < -0.3 is 15.2 Å². The van der Waals surface area contributed by atoms with Crippen molar-refractivity contribution in [2.75, 3.05) is 20.8 Å². The van der Waals surface area contributed by atoms with Crippen molar-refractivity contribution in [2.24, 2.45) is 5.73 Å². The molecule has 96 valence electrons. The molecule has 0 saturated carbocycles. The van der Waals surface area contributed by atoms with Gasteiger partial charge in [-0.05, 0) is 31.9 Å². The molecule has 17 heavy (non-hydrogen) atoms. The van der Waals surface area contributed by atoms with Gasteiger partial charge in [-0.2, -0.15) is 0 Å². The summed E-state index contributed by atoms with van der Waals surface area (Å²) in [6, 6.07) is 0. The van der Waals surface area contributed by atoms with E-state index in [9.17, 15) is 0 Å². The molecule has 0 spiro atoms. The lowest BCUT2D eigenvalue weighted by Gasteiger charge is -2.22. The van der Waals surface area contributed by atoms with E-state index in [0.717, 1.165) is 32.7 Å². The Morgan fingerprint density at radius 2 is 1.65 bits per heavy atom. The molecule has 1 aromatic carbocycles. The van der Waals surface area contributed by atoms with Crippen molar-refractivity contribution >= 4 is 15.9 Å². The topological polar surface area (TPSA) is 44.5 Å². The molecule has 0 heterocycles. The number of hydrogen-bond donors (Lipinski definition) is 1. The molecule has 0 aromatic heterocycles. The second kappa shape index (κ2) is 5.74. The zero-order valence-electron chi connectivity index (χ0n) is 11.1. The lowest BCUT2D eigenvalue weighted by atomic mass is 9.93. The zero-order valence-corrected chi connectivity index (χ0v) is 12.6. The fraction of sp³-hybridized carbons (Fsp3) is 0.538. The molecule has 0 fully saturated rings. The Balaban J connectivity index is 3.61. The maximum Gasteiger partial charge on any atom is 0.165 e. The van der Waals surface area contributed by atoms with Crippen LogP contribution in [0.15, 0.2) is 4.47 Å². The number of halogens is 1. The number of rotatable bonds is 4. The fourth-order valence-corrected chi connectivity index (χ4v) is 2.52. The first-order chi connectivity index (χ1) is 7.99. The Morgan fingerprint density at radius 3 is 2.06 bits per heavy atom. The molecule has 0 aliphatic carbocycles. The van der Waals surface area contributed by atoms with Gasteiger partial charge in [0.1, 0.15) is 0 Å². The van der Waals surface area contributed by atoms with Gasteiger partial charge in [-0.25, -0.2) is 0 Å². The number of benzene rings is 1. The van der Waals surface area contributed by atoms with Crippen LogP contribution in [0.2, 0.25) is 0 Å². The Bertz CT molecular complexity index is 419. The van der Waals surface area contributed by atoms with Crippen molar-refractivity contribution in [3.63, 3.8) is 0 Å². The number of methoxy groups -OCH3 is 2. The number of nitrogens with two attached hydrogens (primary N) is 1. The van der Waals surface area contributed by atoms with Gasteiger partial charge in [0.15, 0.2) is 11.5 Å². The van der Waals surface area contributed by atoms with E-state index < -0.39 is 0 Å². The first kappa shape index (κ1) is 14.3. The largest absolute Gasteiger partial charge is 0.493 e. The third-order valence-corrected chi connectivity index (χ3v) is 4.30. The standard InChI is InChI=1S/C13H20BrNO2/c1-7(6-15)10-8(2)11(14)9(3)12(16-4)13(10)17-5/h7H,6,15H2,1-5H3. The monoisotopic (exact) mass is 301 g/mol. The second-order valence-electron chi connectivity index (χ2n) is 4.18. The van der Waals surface area contributed by atoms with Gasteiger partial charge in [0, 0.05) is 15.6 Å². The van der Waals surface area contributed by atoms with E-state index in [-0.39, 0.29) is 5.92 Å². The molecule has 1 rings (SSSR count). The van der Waals surface area contributed by atoms with Gasteiger partial charge >= 0.3 is 0 Å². The van der Waals surface area contributed by atoms with E-state index >= 15 is 0 Å². The average Bonchev–Trinajstić information content (AvgIpc) is 2.34. The summed E-state index contributed by atoms with van der Waals surface area (Å²) in [5.74, 6) is 1.81. The molecule has 0 aliphatic heterocycles. The molecular formula is C13H20BrNO2. The Morgan fingerprint density at radius 1 is 1.12 bits per heavy atom. The lowest BCUT2D eigenvalue weighted by molar-refractivity contribution is 0.347. The summed E-state index contributed by atoms with van der Waals surface area (Å²) in [5.41, 5.74) is 9.10. The maximum absolute atomic E-state index is 5.76. The highest BCUT2D eigenvalue weighted by atomic mass is 79.9. The van der Waals surface area contributed by atoms with Gasteiger partial charge in [0.05, 0.1) is 14.2 Å². The summed E-state index contributed by atoms with van der Waals surface area (Å²) in [7, 11) is 3.32. The van der Waals surface area contributed by atoms with Crippen LogP contribution in [-0.2, 0) is 0 Å². The predicted octanol–water partition coefficient (Wildman–Crippen LogP) is 3.15. The van der Waals surface area contributed by atoms with Gasteiger partial charge in [0.25, 0.3) is 0 Å². The molecule has 0 amide bonds. The van der Waals surface area contributed by atoms with Crippen LogP contribution >= 0.6 is 15.9 Å². The normalized spacial score (nSPS) is 12.4. The quantitative estimate of drug-likeness (QED) is 0.929. The van der Waals surface area contributed by atoms with E-state index in [0.29, 0.717) is 6.54 Å². The van der Waals surface area contributed by atoms with Crippen LogP contribution in [0, 0.1) is 13.8 Å². The summed E-state index contributed by atoms with van der Waals surface area (Å²) >= 11 is 3.61. The molecule has 0 aliphatic rings. The van der Waals surface area contributed by atoms with Crippen LogP contribution < -0.4 is 15.2 Å². The van der Waals surface area contributed by atoms with Crippen LogP contribution in [0.5, 0.6) is 11.5 Å². The van der Waals surface area contributed by atoms with Crippen molar-refractivity contribution in [1.29, 1.82) is 0 Å². The van der Waals surface area contributed by atoms with E-state index in [2.05, 4.69) is 29.8 Å². The zero-order chi connectivity index (χ0) is 13.2. The summed E-state index contributed by atoms with van der Waals surface area (Å²) in [4.78, 5) is 0. The highest BCUT2D eigenvalue weighted by Gasteiger charge is 2.22. The SMILES string of the molecule is COc1c(C)c(Br)c(C)c(C(C)CN)c1OC.